The molecule has 1 saturated carbocycles. The third kappa shape index (κ3) is 7.17. The fourth-order valence-electron chi connectivity index (χ4n) is 1.37. The molecule has 16 heavy (non-hydrogen) atoms. The number of rotatable bonds is 8. The van der Waals surface area contributed by atoms with Crippen LogP contribution in [0.4, 0.5) is 0 Å². The van der Waals surface area contributed by atoms with Crippen LogP contribution in [0.25, 0.3) is 0 Å². The van der Waals surface area contributed by atoms with Gasteiger partial charge in [-0.15, -0.1) is 0 Å². The Labute approximate surface area is 98.3 Å². The minimum Gasteiger partial charge on any atom is -0.395 e. The van der Waals surface area contributed by atoms with Gasteiger partial charge in [0.15, 0.2) is 0 Å². The summed E-state index contributed by atoms with van der Waals surface area (Å²) >= 11 is 0. The number of hydrogen-bond donors (Lipinski definition) is 2. The van der Waals surface area contributed by atoms with Gasteiger partial charge in [0.25, 0.3) is 0 Å². The first-order valence-corrected chi connectivity index (χ1v) is 6.10. The maximum absolute atomic E-state index is 9.11. The monoisotopic (exact) mass is 231 g/mol. The number of aliphatic hydroxyl groups excluding tert-OH is 1. The topological polar surface area (TPSA) is 50.7 Å². The zero-order valence-electron chi connectivity index (χ0n) is 10.7. The van der Waals surface area contributed by atoms with E-state index in [4.69, 9.17) is 14.6 Å². The molecule has 96 valence electrons. The molecule has 1 aliphatic rings. The quantitative estimate of drug-likeness (QED) is 0.610. The fraction of sp³-hybridized carbons (Fsp3) is 1.00. The van der Waals surface area contributed by atoms with Crippen molar-refractivity contribution in [1.29, 1.82) is 0 Å². The van der Waals surface area contributed by atoms with Crippen LogP contribution >= 0.6 is 0 Å². The Hall–Kier alpha value is -0.160. The van der Waals surface area contributed by atoms with Crippen LogP contribution in [0.2, 0.25) is 0 Å². The Kier molecular flexibility index (Phi) is 5.69. The first-order valence-electron chi connectivity index (χ1n) is 6.10. The lowest BCUT2D eigenvalue weighted by atomic mass is 10.2. The molecule has 0 saturated heterocycles. The summed E-state index contributed by atoms with van der Waals surface area (Å²) in [6.07, 6.45) is 2.45. The van der Waals surface area contributed by atoms with Crippen LogP contribution in [0.5, 0.6) is 0 Å². The van der Waals surface area contributed by atoms with E-state index in [0.29, 0.717) is 25.9 Å². The largest absolute Gasteiger partial charge is 0.395 e. The molecule has 0 bridgehead atoms. The second-order valence-electron chi connectivity index (χ2n) is 5.36. The summed E-state index contributed by atoms with van der Waals surface area (Å²) in [4.78, 5) is 0. The highest BCUT2D eigenvalue weighted by Crippen LogP contribution is 2.19. The highest BCUT2D eigenvalue weighted by molar-refractivity contribution is 4.84. The molecule has 0 aromatic rings. The van der Waals surface area contributed by atoms with Crippen molar-refractivity contribution in [2.45, 2.75) is 51.3 Å². The van der Waals surface area contributed by atoms with Gasteiger partial charge in [0.1, 0.15) is 0 Å². The van der Waals surface area contributed by atoms with Crippen LogP contribution in [0.15, 0.2) is 0 Å². The van der Waals surface area contributed by atoms with Gasteiger partial charge in [0, 0.05) is 6.04 Å². The normalized spacial score (nSPS) is 18.8. The van der Waals surface area contributed by atoms with Gasteiger partial charge in [-0.3, -0.25) is 0 Å². The number of aliphatic hydroxyl groups is 1. The molecule has 0 aromatic heterocycles. The first kappa shape index (κ1) is 13.9. The number of ether oxygens (including phenoxy) is 2. The van der Waals surface area contributed by atoms with E-state index in [1.165, 1.54) is 12.8 Å². The standard InChI is InChI=1S/C12H25NO3/c1-12(2,3)16-7-6-15-9-11(8-14)13-10-4-5-10/h10-11,13-14H,4-9H2,1-3H3. The molecule has 0 heterocycles. The molecule has 1 atom stereocenters. The van der Waals surface area contributed by atoms with Gasteiger partial charge in [-0.05, 0) is 33.6 Å². The molecule has 1 fully saturated rings. The van der Waals surface area contributed by atoms with E-state index < -0.39 is 0 Å². The van der Waals surface area contributed by atoms with Crippen molar-refractivity contribution < 1.29 is 14.6 Å². The van der Waals surface area contributed by atoms with Crippen molar-refractivity contribution in [3.05, 3.63) is 0 Å². The predicted molar refractivity (Wildman–Crippen MR) is 63.6 cm³/mol. The molecule has 4 heteroatoms. The molecule has 4 nitrogen and oxygen atoms in total. The van der Waals surface area contributed by atoms with E-state index in [1.54, 1.807) is 0 Å². The second-order valence-corrected chi connectivity index (χ2v) is 5.36. The van der Waals surface area contributed by atoms with Crippen LogP contribution in [0.3, 0.4) is 0 Å². The lowest BCUT2D eigenvalue weighted by molar-refractivity contribution is -0.0389. The van der Waals surface area contributed by atoms with Crippen LogP contribution < -0.4 is 5.32 Å². The molecule has 0 aliphatic heterocycles. The van der Waals surface area contributed by atoms with Gasteiger partial charge in [-0.2, -0.15) is 0 Å². The molecule has 1 rings (SSSR count). The highest BCUT2D eigenvalue weighted by atomic mass is 16.5. The van der Waals surface area contributed by atoms with Gasteiger partial charge in [0.2, 0.25) is 0 Å². The van der Waals surface area contributed by atoms with E-state index in [-0.39, 0.29) is 18.2 Å². The minimum atomic E-state index is -0.105. The molecule has 0 spiro atoms. The van der Waals surface area contributed by atoms with Gasteiger partial charge >= 0.3 is 0 Å². The van der Waals surface area contributed by atoms with Crippen molar-refractivity contribution in [3.8, 4) is 0 Å². The van der Waals surface area contributed by atoms with Crippen molar-refractivity contribution in [2.24, 2.45) is 0 Å². The van der Waals surface area contributed by atoms with E-state index in [2.05, 4.69) is 5.32 Å². The minimum absolute atomic E-state index is 0.0714. The molecule has 1 aliphatic carbocycles. The van der Waals surface area contributed by atoms with Crippen LogP contribution in [0.1, 0.15) is 33.6 Å². The summed E-state index contributed by atoms with van der Waals surface area (Å²) in [6.45, 7) is 7.96. The Bertz CT molecular complexity index is 187. The zero-order valence-corrected chi connectivity index (χ0v) is 10.7. The average Bonchev–Trinajstić information content (AvgIpc) is 2.97. The van der Waals surface area contributed by atoms with Crippen LogP contribution in [0, 0.1) is 0 Å². The van der Waals surface area contributed by atoms with Crippen molar-refractivity contribution >= 4 is 0 Å². The number of hydrogen-bond acceptors (Lipinski definition) is 4. The summed E-state index contributed by atoms with van der Waals surface area (Å²) in [7, 11) is 0. The van der Waals surface area contributed by atoms with Crippen molar-refractivity contribution in [2.75, 3.05) is 26.4 Å². The summed E-state index contributed by atoms with van der Waals surface area (Å²) in [5.41, 5.74) is -0.105. The molecule has 0 amide bonds. The number of nitrogens with one attached hydrogen (secondary N) is 1. The molecular formula is C12H25NO3. The van der Waals surface area contributed by atoms with Crippen LogP contribution in [-0.2, 0) is 9.47 Å². The Balaban J connectivity index is 1.95. The summed E-state index contributed by atoms with van der Waals surface area (Å²) in [5.74, 6) is 0. The van der Waals surface area contributed by atoms with Crippen molar-refractivity contribution in [3.63, 3.8) is 0 Å². The summed E-state index contributed by atoms with van der Waals surface area (Å²) < 4.78 is 11.0. The molecule has 0 radical (unpaired) electrons. The maximum Gasteiger partial charge on any atom is 0.0707 e. The van der Waals surface area contributed by atoms with Gasteiger partial charge in [-0.25, -0.2) is 0 Å². The van der Waals surface area contributed by atoms with E-state index in [9.17, 15) is 0 Å². The third-order valence-corrected chi connectivity index (χ3v) is 2.35. The third-order valence-electron chi connectivity index (χ3n) is 2.35. The van der Waals surface area contributed by atoms with E-state index >= 15 is 0 Å². The van der Waals surface area contributed by atoms with Gasteiger partial charge in [-0.1, -0.05) is 0 Å². The molecule has 0 aromatic carbocycles. The van der Waals surface area contributed by atoms with Crippen LogP contribution in [-0.4, -0.2) is 49.2 Å². The maximum atomic E-state index is 9.11. The van der Waals surface area contributed by atoms with E-state index in [1.807, 2.05) is 20.8 Å². The SMILES string of the molecule is CC(C)(C)OCCOCC(CO)NC1CC1. The Morgan fingerprint density at radius 3 is 2.50 bits per heavy atom. The van der Waals surface area contributed by atoms with Crippen molar-refractivity contribution in [1.82, 2.24) is 5.32 Å². The Morgan fingerprint density at radius 2 is 2.00 bits per heavy atom. The molecular weight excluding hydrogens is 206 g/mol. The average molecular weight is 231 g/mol. The molecule has 1 unspecified atom stereocenters. The highest BCUT2D eigenvalue weighted by Gasteiger charge is 2.24. The second kappa shape index (κ2) is 6.55. The molecule has 2 N–H and O–H groups in total. The summed E-state index contributed by atoms with van der Waals surface area (Å²) in [5, 5.41) is 12.4. The first-order chi connectivity index (χ1) is 7.51. The smallest absolute Gasteiger partial charge is 0.0707 e. The lowest BCUT2D eigenvalue weighted by Crippen LogP contribution is -2.38. The lowest BCUT2D eigenvalue weighted by Gasteiger charge is -2.20. The Morgan fingerprint density at radius 1 is 1.31 bits per heavy atom. The fourth-order valence-corrected chi connectivity index (χ4v) is 1.37. The predicted octanol–water partition coefficient (Wildman–Crippen LogP) is 0.931. The summed E-state index contributed by atoms with van der Waals surface area (Å²) in [6, 6.07) is 0.675. The zero-order chi connectivity index (χ0) is 12.0. The van der Waals surface area contributed by atoms with E-state index in [0.717, 1.165) is 0 Å². The van der Waals surface area contributed by atoms with Gasteiger partial charge < -0.3 is 19.9 Å². The van der Waals surface area contributed by atoms with Gasteiger partial charge in [0.05, 0.1) is 38.1 Å².